The molecule has 1 N–H and O–H groups in total. The van der Waals surface area contributed by atoms with E-state index >= 15 is 0 Å². The van der Waals surface area contributed by atoms with Crippen LogP contribution in [-0.2, 0) is 4.79 Å². The van der Waals surface area contributed by atoms with Crippen LogP contribution in [0.2, 0.25) is 0 Å². The molecule has 1 aromatic heterocycles. The smallest absolute Gasteiger partial charge is 0.226 e. The third-order valence-corrected chi connectivity index (χ3v) is 5.96. The molecule has 24 heavy (non-hydrogen) atoms. The van der Waals surface area contributed by atoms with Crippen molar-refractivity contribution in [2.24, 2.45) is 11.3 Å². The van der Waals surface area contributed by atoms with E-state index in [0.29, 0.717) is 11.3 Å². The van der Waals surface area contributed by atoms with Crippen LogP contribution in [0.5, 0.6) is 5.75 Å². The minimum atomic E-state index is 0.279. The molecule has 1 amide bonds. The number of piperidine rings is 1. The number of amides is 1. The zero-order chi connectivity index (χ0) is 16.6. The number of methoxy groups -OCH3 is 1. The Kier molecular flexibility index (Phi) is 4.08. The Labute approximate surface area is 143 Å². The van der Waals surface area contributed by atoms with E-state index in [1.807, 2.05) is 12.1 Å². The number of carbonyl (C=O) groups is 1. The van der Waals surface area contributed by atoms with Gasteiger partial charge in [-0.15, -0.1) is 0 Å². The summed E-state index contributed by atoms with van der Waals surface area (Å²) in [6.45, 7) is 5.41. The predicted molar refractivity (Wildman–Crippen MR) is 92.2 cm³/mol. The molecule has 6 nitrogen and oxygen atoms in total. The summed E-state index contributed by atoms with van der Waals surface area (Å²) in [6.07, 6.45) is 5.20. The normalized spacial score (nSPS) is 25.6. The van der Waals surface area contributed by atoms with Gasteiger partial charge in [0.25, 0.3) is 0 Å². The summed E-state index contributed by atoms with van der Waals surface area (Å²) < 4.78 is 5.27. The standard InChI is InChI=1S/C18H26N4O2/c1-24-14-2-5-20-16(12-14)21-8-10-22(11-9-21)17(23)15-13-18(15)3-6-19-7-4-18/h2,5,12,15,19H,3-4,6-11,13H2,1H3. The molecular formula is C18H26N4O2. The van der Waals surface area contributed by atoms with Crippen molar-refractivity contribution >= 4 is 11.7 Å². The van der Waals surface area contributed by atoms with Crippen LogP contribution in [0, 0.1) is 11.3 Å². The Balaban J connectivity index is 1.34. The lowest BCUT2D eigenvalue weighted by molar-refractivity contribution is -0.133. The highest BCUT2D eigenvalue weighted by Gasteiger charge is 2.58. The van der Waals surface area contributed by atoms with Crippen molar-refractivity contribution in [1.82, 2.24) is 15.2 Å². The van der Waals surface area contributed by atoms with Gasteiger partial charge >= 0.3 is 0 Å². The third-order valence-electron chi connectivity index (χ3n) is 5.96. The average molecular weight is 330 g/mol. The van der Waals surface area contributed by atoms with E-state index < -0.39 is 0 Å². The monoisotopic (exact) mass is 330 g/mol. The average Bonchev–Trinajstić information content (AvgIpc) is 3.34. The Morgan fingerprint density at radius 2 is 2.04 bits per heavy atom. The van der Waals surface area contributed by atoms with Crippen LogP contribution in [0.15, 0.2) is 18.3 Å². The summed E-state index contributed by atoms with van der Waals surface area (Å²) in [5.74, 6) is 2.42. The molecule has 4 rings (SSSR count). The molecule has 0 bridgehead atoms. The summed E-state index contributed by atoms with van der Waals surface area (Å²) in [6, 6.07) is 3.82. The first-order chi connectivity index (χ1) is 11.7. The Morgan fingerprint density at radius 3 is 2.75 bits per heavy atom. The Morgan fingerprint density at radius 1 is 1.29 bits per heavy atom. The minimum absolute atomic E-state index is 0.279. The van der Waals surface area contributed by atoms with E-state index in [1.165, 1.54) is 0 Å². The van der Waals surface area contributed by atoms with Crippen LogP contribution in [0.4, 0.5) is 5.82 Å². The molecule has 3 aliphatic rings. The van der Waals surface area contributed by atoms with Crippen LogP contribution in [0.25, 0.3) is 0 Å². The second kappa shape index (κ2) is 6.24. The van der Waals surface area contributed by atoms with E-state index in [9.17, 15) is 4.79 Å². The maximum absolute atomic E-state index is 12.8. The molecule has 2 aliphatic heterocycles. The van der Waals surface area contributed by atoms with Crippen molar-refractivity contribution in [2.45, 2.75) is 19.3 Å². The molecule has 6 heteroatoms. The maximum atomic E-state index is 12.8. The van der Waals surface area contributed by atoms with Gasteiger partial charge in [-0.2, -0.15) is 0 Å². The molecular weight excluding hydrogens is 304 g/mol. The quantitative estimate of drug-likeness (QED) is 0.900. The van der Waals surface area contributed by atoms with Crippen LogP contribution in [0.3, 0.4) is 0 Å². The number of ether oxygens (including phenoxy) is 1. The van der Waals surface area contributed by atoms with Gasteiger partial charge in [-0.05, 0) is 43.8 Å². The highest BCUT2D eigenvalue weighted by molar-refractivity contribution is 5.83. The molecule has 1 aromatic rings. The molecule has 1 aliphatic carbocycles. The lowest BCUT2D eigenvalue weighted by atomic mass is 9.91. The second-order valence-corrected chi connectivity index (χ2v) is 7.24. The zero-order valence-electron chi connectivity index (χ0n) is 14.3. The summed E-state index contributed by atoms with van der Waals surface area (Å²) in [5.41, 5.74) is 0.327. The zero-order valence-corrected chi connectivity index (χ0v) is 14.3. The number of carbonyl (C=O) groups excluding carboxylic acids is 1. The lowest BCUT2D eigenvalue weighted by Crippen LogP contribution is -2.50. The van der Waals surface area contributed by atoms with Crippen molar-refractivity contribution in [3.05, 3.63) is 18.3 Å². The molecule has 3 heterocycles. The van der Waals surface area contributed by atoms with Crippen LogP contribution in [-0.4, -0.2) is 62.2 Å². The number of nitrogens with one attached hydrogen (secondary N) is 1. The first kappa shape index (κ1) is 15.7. The minimum Gasteiger partial charge on any atom is -0.497 e. The fourth-order valence-electron chi connectivity index (χ4n) is 4.25. The number of piperazine rings is 1. The molecule has 1 saturated carbocycles. The van der Waals surface area contributed by atoms with Crippen molar-refractivity contribution < 1.29 is 9.53 Å². The van der Waals surface area contributed by atoms with Gasteiger partial charge < -0.3 is 19.9 Å². The predicted octanol–water partition coefficient (Wildman–Crippen LogP) is 1.13. The summed E-state index contributed by atoms with van der Waals surface area (Å²) in [5, 5.41) is 3.40. The highest BCUT2D eigenvalue weighted by atomic mass is 16.5. The maximum Gasteiger partial charge on any atom is 0.226 e. The van der Waals surface area contributed by atoms with E-state index in [4.69, 9.17) is 4.74 Å². The van der Waals surface area contributed by atoms with Crippen LogP contribution in [0.1, 0.15) is 19.3 Å². The second-order valence-electron chi connectivity index (χ2n) is 7.24. The molecule has 1 spiro atoms. The van der Waals surface area contributed by atoms with Gasteiger partial charge in [0.05, 0.1) is 7.11 Å². The lowest BCUT2D eigenvalue weighted by Gasteiger charge is -2.36. The highest BCUT2D eigenvalue weighted by Crippen LogP contribution is 2.59. The third kappa shape index (κ3) is 2.83. The van der Waals surface area contributed by atoms with Crippen LogP contribution >= 0.6 is 0 Å². The molecule has 0 aromatic carbocycles. The number of aromatic nitrogens is 1. The van der Waals surface area contributed by atoms with Gasteiger partial charge in [-0.25, -0.2) is 4.98 Å². The molecule has 3 fully saturated rings. The van der Waals surface area contributed by atoms with Crippen molar-refractivity contribution in [1.29, 1.82) is 0 Å². The molecule has 1 unspecified atom stereocenters. The SMILES string of the molecule is COc1ccnc(N2CCN(C(=O)C3CC34CCNCC4)CC2)c1. The number of pyridine rings is 1. The summed E-state index contributed by atoms with van der Waals surface area (Å²) in [7, 11) is 1.67. The largest absolute Gasteiger partial charge is 0.497 e. The fraction of sp³-hybridized carbons (Fsp3) is 0.667. The van der Waals surface area contributed by atoms with E-state index in [0.717, 1.165) is 70.1 Å². The number of nitrogens with zero attached hydrogens (tertiary/aromatic N) is 3. The molecule has 1 atom stereocenters. The summed E-state index contributed by atoms with van der Waals surface area (Å²) in [4.78, 5) is 21.6. The van der Waals surface area contributed by atoms with Crippen molar-refractivity contribution in [3.8, 4) is 5.75 Å². The van der Waals surface area contributed by atoms with Crippen molar-refractivity contribution in [3.63, 3.8) is 0 Å². The van der Waals surface area contributed by atoms with Gasteiger partial charge in [0, 0.05) is 44.4 Å². The van der Waals surface area contributed by atoms with Gasteiger partial charge in [0.2, 0.25) is 5.91 Å². The number of hydrogen-bond acceptors (Lipinski definition) is 5. The van der Waals surface area contributed by atoms with E-state index in [-0.39, 0.29) is 5.92 Å². The first-order valence-electron chi connectivity index (χ1n) is 8.96. The van der Waals surface area contributed by atoms with Gasteiger partial charge in [-0.3, -0.25) is 4.79 Å². The number of hydrogen-bond donors (Lipinski definition) is 1. The molecule has 130 valence electrons. The van der Waals surface area contributed by atoms with E-state index in [1.54, 1.807) is 13.3 Å². The topological polar surface area (TPSA) is 57.7 Å². The Hall–Kier alpha value is -1.82. The number of rotatable bonds is 3. The van der Waals surface area contributed by atoms with E-state index in [2.05, 4.69) is 20.1 Å². The number of anilines is 1. The summed E-state index contributed by atoms with van der Waals surface area (Å²) >= 11 is 0. The fourth-order valence-corrected chi connectivity index (χ4v) is 4.25. The Bertz CT molecular complexity index is 607. The van der Waals surface area contributed by atoms with Crippen molar-refractivity contribution in [2.75, 3.05) is 51.3 Å². The van der Waals surface area contributed by atoms with Gasteiger partial charge in [0.1, 0.15) is 11.6 Å². The van der Waals surface area contributed by atoms with Gasteiger partial charge in [0.15, 0.2) is 0 Å². The van der Waals surface area contributed by atoms with Gasteiger partial charge in [-0.1, -0.05) is 0 Å². The molecule has 2 saturated heterocycles. The van der Waals surface area contributed by atoms with Crippen LogP contribution < -0.4 is 15.0 Å². The first-order valence-corrected chi connectivity index (χ1v) is 8.96. The molecule has 0 radical (unpaired) electrons.